The van der Waals surface area contributed by atoms with Crippen LogP contribution in [0.5, 0.6) is 0 Å². The molecule has 1 aliphatic rings. The molecule has 0 bridgehead atoms. The molecule has 0 radical (unpaired) electrons. The van der Waals surface area contributed by atoms with Crippen LogP contribution < -0.4 is 10.6 Å². The highest BCUT2D eigenvalue weighted by atomic mass is 16.4. The zero-order valence-electron chi connectivity index (χ0n) is 13.7. The van der Waals surface area contributed by atoms with E-state index in [1.165, 1.54) is 15.8 Å². The third-order valence-electron chi connectivity index (χ3n) is 3.56. The van der Waals surface area contributed by atoms with Crippen LogP contribution in [0.4, 0.5) is 4.79 Å². The average molecular weight is 338 g/mol. The highest BCUT2D eigenvalue weighted by molar-refractivity contribution is 5.87. The minimum absolute atomic E-state index is 0.00563. The lowest BCUT2D eigenvalue weighted by Gasteiger charge is -2.25. The van der Waals surface area contributed by atoms with E-state index in [1.807, 2.05) is 13.8 Å². The third kappa shape index (κ3) is 4.67. The topological polar surface area (TPSA) is 129 Å². The Morgan fingerprint density at radius 1 is 1.42 bits per heavy atom. The summed E-state index contributed by atoms with van der Waals surface area (Å²) in [5.74, 6) is -1.27. The summed E-state index contributed by atoms with van der Waals surface area (Å²) in [4.78, 5) is 36.6. The van der Waals surface area contributed by atoms with Crippen molar-refractivity contribution in [3.63, 3.8) is 0 Å². The number of hydrogen-bond donors (Lipinski definition) is 3. The van der Waals surface area contributed by atoms with E-state index in [-0.39, 0.29) is 31.1 Å². The van der Waals surface area contributed by atoms with Gasteiger partial charge in [0.05, 0.1) is 12.7 Å². The zero-order chi connectivity index (χ0) is 17.7. The molecule has 0 unspecified atom stereocenters. The predicted molar refractivity (Wildman–Crippen MR) is 82.9 cm³/mol. The summed E-state index contributed by atoms with van der Waals surface area (Å²) in [6.07, 6.45) is 2.85. The van der Waals surface area contributed by atoms with E-state index in [2.05, 4.69) is 20.9 Å². The maximum absolute atomic E-state index is 12.3. The predicted octanol–water partition coefficient (Wildman–Crippen LogP) is -0.439. The van der Waals surface area contributed by atoms with Gasteiger partial charge in [0.1, 0.15) is 18.3 Å². The Bertz CT molecular complexity index is 614. The van der Waals surface area contributed by atoms with Crippen LogP contribution in [-0.2, 0) is 22.7 Å². The van der Waals surface area contributed by atoms with Crippen molar-refractivity contribution in [2.75, 3.05) is 6.54 Å². The molecule has 0 spiro atoms. The molecule has 2 heterocycles. The molecule has 3 amide bonds. The first-order valence-electron chi connectivity index (χ1n) is 7.82. The van der Waals surface area contributed by atoms with Crippen molar-refractivity contribution in [1.82, 2.24) is 30.5 Å². The number of hydrogen-bond acceptors (Lipinski definition) is 5. The Kier molecular flexibility index (Phi) is 5.72. The molecule has 1 aromatic heterocycles. The summed E-state index contributed by atoms with van der Waals surface area (Å²) in [6.45, 7) is 4.12. The quantitative estimate of drug-likeness (QED) is 0.645. The summed E-state index contributed by atoms with van der Waals surface area (Å²) >= 11 is 0. The van der Waals surface area contributed by atoms with E-state index in [9.17, 15) is 14.4 Å². The second-order valence-corrected chi connectivity index (χ2v) is 5.97. The smallest absolute Gasteiger partial charge is 0.325 e. The maximum atomic E-state index is 12.3. The molecule has 24 heavy (non-hydrogen) atoms. The molecule has 1 saturated heterocycles. The van der Waals surface area contributed by atoms with Gasteiger partial charge < -0.3 is 20.6 Å². The van der Waals surface area contributed by atoms with E-state index in [0.29, 0.717) is 18.7 Å². The number of carbonyl (C=O) groups excluding carboxylic acids is 2. The van der Waals surface area contributed by atoms with Crippen LogP contribution in [0.25, 0.3) is 0 Å². The molecule has 0 aliphatic carbocycles. The Morgan fingerprint density at radius 2 is 2.17 bits per heavy atom. The number of likely N-dealkylation sites (tertiary alicyclic amines) is 1. The molecule has 0 aromatic carbocycles. The molecule has 1 fully saturated rings. The molecule has 10 heteroatoms. The second kappa shape index (κ2) is 7.75. The van der Waals surface area contributed by atoms with Crippen molar-refractivity contribution in [2.24, 2.45) is 0 Å². The Morgan fingerprint density at radius 3 is 2.83 bits per heavy atom. The lowest BCUT2D eigenvalue weighted by molar-refractivity contribution is -0.138. The number of carboxylic acid groups (broad SMARTS) is 1. The normalized spacial score (nSPS) is 17.1. The van der Waals surface area contributed by atoms with Gasteiger partial charge in [-0.1, -0.05) is 5.21 Å². The monoisotopic (exact) mass is 338 g/mol. The number of aromatic nitrogens is 3. The highest BCUT2D eigenvalue weighted by Gasteiger charge is 2.34. The van der Waals surface area contributed by atoms with E-state index >= 15 is 0 Å². The fraction of sp³-hybridized carbons (Fsp3) is 0.643. The van der Waals surface area contributed by atoms with E-state index in [4.69, 9.17) is 5.11 Å². The van der Waals surface area contributed by atoms with Gasteiger partial charge in [0, 0.05) is 12.6 Å². The molecule has 3 N–H and O–H groups in total. The van der Waals surface area contributed by atoms with Gasteiger partial charge in [-0.05, 0) is 26.7 Å². The number of carbonyl (C=O) groups is 3. The molecule has 1 atom stereocenters. The lowest BCUT2D eigenvalue weighted by Crippen LogP contribution is -2.50. The number of urea groups is 1. The van der Waals surface area contributed by atoms with Crippen LogP contribution in [0.15, 0.2) is 6.20 Å². The summed E-state index contributed by atoms with van der Waals surface area (Å²) in [5.41, 5.74) is 0.459. The molecule has 0 saturated carbocycles. The van der Waals surface area contributed by atoms with Crippen molar-refractivity contribution < 1.29 is 19.5 Å². The first-order valence-corrected chi connectivity index (χ1v) is 7.82. The third-order valence-corrected chi connectivity index (χ3v) is 3.56. The fourth-order valence-electron chi connectivity index (χ4n) is 2.54. The van der Waals surface area contributed by atoms with Crippen LogP contribution in [0.1, 0.15) is 32.4 Å². The molecule has 132 valence electrons. The van der Waals surface area contributed by atoms with E-state index in [1.54, 1.807) is 0 Å². The summed E-state index contributed by atoms with van der Waals surface area (Å²) < 4.78 is 1.18. The minimum atomic E-state index is -1.02. The second-order valence-electron chi connectivity index (χ2n) is 5.97. The molecule has 2 rings (SSSR count). The SMILES string of the molecule is CC(C)NC(=O)N1CCC[C@H]1C(=O)NCc1cn(CC(=O)O)nn1. The Labute approximate surface area is 139 Å². The molecular weight excluding hydrogens is 316 g/mol. The van der Waals surface area contributed by atoms with E-state index in [0.717, 1.165) is 6.42 Å². The van der Waals surface area contributed by atoms with Gasteiger partial charge >= 0.3 is 12.0 Å². The lowest BCUT2D eigenvalue weighted by atomic mass is 10.2. The molecule has 10 nitrogen and oxygen atoms in total. The number of aliphatic carboxylic acids is 1. The van der Waals surface area contributed by atoms with Crippen LogP contribution in [0, 0.1) is 0 Å². The van der Waals surface area contributed by atoms with Gasteiger partial charge in [0.15, 0.2) is 0 Å². The number of nitrogens with zero attached hydrogens (tertiary/aromatic N) is 4. The van der Waals surface area contributed by atoms with Crippen LogP contribution in [0.2, 0.25) is 0 Å². The van der Waals surface area contributed by atoms with Gasteiger partial charge in [0.2, 0.25) is 5.91 Å². The van der Waals surface area contributed by atoms with Gasteiger partial charge in [-0.25, -0.2) is 9.48 Å². The molecule has 1 aliphatic heterocycles. The van der Waals surface area contributed by atoms with Gasteiger partial charge in [-0.3, -0.25) is 9.59 Å². The van der Waals surface area contributed by atoms with Gasteiger partial charge in [-0.15, -0.1) is 5.10 Å². The zero-order valence-corrected chi connectivity index (χ0v) is 13.7. The summed E-state index contributed by atoms with van der Waals surface area (Å²) in [6, 6.07) is -0.737. The summed E-state index contributed by atoms with van der Waals surface area (Å²) in [7, 11) is 0. The highest BCUT2D eigenvalue weighted by Crippen LogP contribution is 2.17. The van der Waals surface area contributed by atoms with Crippen LogP contribution >= 0.6 is 0 Å². The number of rotatable bonds is 6. The average Bonchev–Trinajstić information content (AvgIpc) is 3.12. The van der Waals surface area contributed by atoms with Gasteiger partial charge in [0.25, 0.3) is 0 Å². The Balaban J connectivity index is 1.88. The first-order chi connectivity index (χ1) is 11.4. The maximum Gasteiger partial charge on any atom is 0.325 e. The first kappa shape index (κ1) is 17.7. The Hall–Kier alpha value is -2.65. The standard InChI is InChI=1S/C14H22N6O4/c1-9(2)16-14(24)20-5-3-4-11(20)13(23)15-6-10-7-19(18-17-10)8-12(21)22/h7,9,11H,3-6,8H2,1-2H3,(H,15,23)(H,16,24)(H,21,22)/t11-/m0/s1. The minimum Gasteiger partial charge on any atom is -0.480 e. The van der Waals surface area contributed by atoms with Crippen molar-refractivity contribution in [1.29, 1.82) is 0 Å². The number of carboxylic acids is 1. The van der Waals surface area contributed by atoms with Crippen molar-refractivity contribution in [2.45, 2.75) is 51.9 Å². The van der Waals surface area contributed by atoms with Crippen LogP contribution in [0.3, 0.4) is 0 Å². The number of amides is 3. The van der Waals surface area contributed by atoms with Crippen molar-refractivity contribution >= 4 is 17.9 Å². The summed E-state index contributed by atoms with van der Waals surface area (Å²) in [5, 5.41) is 21.7. The molecule has 1 aromatic rings. The van der Waals surface area contributed by atoms with E-state index < -0.39 is 12.0 Å². The van der Waals surface area contributed by atoms with Crippen molar-refractivity contribution in [3.8, 4) is 0 Å². The van der Waals surface area contributed by atoms with Crippen molar-refractivity contribution in [3.05, 3.63) is 11.9 Å². The number of nitrogens with one attached hydrogen (secondary N) is 2. The van der Waals surface area contributed by atoms with Crippen LogP contribution in [-0.4, -0.2) is 61.5 Å². The molecular formula is C14H22N6O4. The fourth-order valence-corrected chi connectivity index (χ4v) is 2.54. The van der Waals surface area contributed by atoms with Gasteiger partial charge in [-0.2, -0.15) is 0 Å². The largest absolute Gasteiger partial charge is 0.480 e.